The second kappa shape index (κ2) is 5.69. The maximum absolute atomic E-state index is 11.9. The topological polar surface area (TPSA) is 47.6 Å². The maximum Gasteiger partial charge on any atom is 0.251 e. The number of hydrogen-bond donors (Lipinski definition) is 1. The molecule has 2 aromatic rings. The van der Waals surface area contributed by atoms with Crippen molar-refractivity contribution in [2.45, 2.75) is 12.6 Å². The summed E-state index contributed by atoms with van der Waals surface area (Å²) in [5.74, 6) is -0.0999. The molecular weight excluding hydrogens is 262 g/mol. The van der Waals surface area contributed by atoms with Gasteiger partial charge in [-0.05, 0) is 17.5 Å². The van der Waals surface area contributed by atoms with Gasteiger partial charge in [-0.3, -0.25) is 4.79 Å². The lowest BCUT2D eigenvalue weighted by atomic mass is 10.2. The molecule has 4 nitrogen and oxygen atoms in total. The number of rotatable bonds is 3. The van der Waals surface area contributed by atoms with E-state index in [1.807, 2.05) is 12.1 Å². The minimum absolute atomic E-state index is 0.0999. The fraction of sp³-hybridized carbons (Fsp3) is 0.357. The molecular formula is C14H15NO3S. The van der Waals surface area contributed by atoms with Gasteiger partial charge in [0.05, 0.1) is 26.4 Å². The second-order valence-corrected chi connectivity index (χ2v) is 5.57. The zero-order chi connectivity index (χ0) is 13.1. The molecule has 0 bridgehead atoms. The van der Waals surface area contributed by atoms with Crippen molar-refractivity contribution in [1.82, 2.24) is 5.32 Å². The molecule has 1 aromatic carbocycles. The highest BCUT2D eigenvalue weighted by Crippen LogP contribution is 2.24. The van der Waals surface area contributed by atoms with E-state index in [0.29, 0.717) is 26.4 Å². The predicted octanol–water partition coefficient (Wildman–Crippen LogP) is 1.93. The average Bonchev–Trinajstić information content (AvgIpc) is 2.88. The molecule has 1 atom stereocenters. The van der Waals surface area contributed by atoms with E-state index in [1.165, 1.54) is 10.1 Å². The van der Waals surface area contributed by atoms with Crippen molar-refractivity contribution in [2.24, 2.45) is 0 Å². The molecule has 1 aromatic heterocycles. The molecule has 1 unspecified atom stereocenters. The first-order valence-corrected chi connectivity index (χ1v) is 7.09. The smallest absolute Gasteiger partial charge is 0.251 e. The number of carbonyl (C=O) groups excluding carboxylic acids is 1. The van der Waals surface area contributed by atoms with Crippen molar-refractivity contribution < 1.29 is 14.3 Å². The normalized spacial score (nSPS) is 19.5. The Morgan fingerprint density at radius 1 is 1.37 bits per heavy atom. The van der Waals surface area contributed by atoms with Gasteiger partial charge in [-0.25, -0.2) is 0 Å². The fourth-order valence-corrected chi connectivity index (χ4v) is 3.06. The number of fused-ring (bicyclic) bond motifs is 1. The summed E-state index contributed by atoms with van der Waals surface area (Å²) in [4.78, 5) is 13.0. The molecule has 100 valence electrons. The second-order valence-electron chi connectivity index (χ2n) is 4.40. The third-order valence-electron chi connectivity index (χ3n) is 3.02. The summed E-state index contributed by atoms with van der Waals surface area (Å²) in [6.45, 7) is 1.94. The number of benzene rings is 1. The fourth-order valence-electron chi connectivity index (χ4n) is 2.05. The highest BCUT2D eigenvalue weighted by molar-refractivity contribution is 7.19. The van der Waals surface area contributed by atoms with Crippen molar-refractivity contribution in [3.05, 3.63) is 35.2 Å². The van der Waals surface area contributed by atoms with Crippen LogP contribution in [0, 0.1) is 0 Å². The maximum atomic E-state index is 11.9. The Balaban J connectivity index is 1.60. The minimum atomic E-state index is -0.469. The van der Waals surface area contributed by atoms with Gasteiger partial charge in [0.25, 0.3) is 5.91 Å². The van der Waals surface area contributed by atoms with Gasteiger partial charge in [-0.2, -0.15) is 0 Å². The van der Waals surface area contributed by atoms with Gasteiger partial charge in [-0.1, -0.05) is 18.2 Å². The summed E-state index contributed by atoms with van der Waals surface area (Å²) in [5.41, 5.74) is 0. The van der Waals surface area contributed by atoms with E-state index in [-0.39, 0.29) is 5.91 Å². The number of thiophene rings is 1. The minimum Gasteiger partial charge on any atom is -0.376 e. The lowest BCUT2D eigenvalue weighted by Crippen LogP contribution is -2.42. The number of nitrogens with one attached hydrogen (secondary N) is 1. The van der Waals surface area contributed by atoms with E-state index in [1.54, 1.807) is 11.3 Å². The number of carbonyl (C=O) groups is 1. The molecule has 1 N–H and O–H groups in total. The van der Waals surface area contributed by atoms with Crippen molar-refractivity contribution in [3.8, 4) is 0 Å². The van der Waals surface area contributed by atoms with Crippen LogP contribution in [0.3, 0.4) is 0 Å². The summed E-state index contributed by atoms with van der Waals surface area (Å²) < 4.78 is 11.8. The van der Waals surface area contributed by atoms with Gasteiger partial charge in [0.2, 0.25) is 0 Å². The molecule has 1 fully saturated rings. The van der Waals surface area contributed by atoms with E-state index >= 15 is 0 Å². The molecule has 0 saturated carbocycles. The van der Waals surface area contributed by atoms with E-state index in [9.17, 15) is 4.79 Å². The van der Waals surface area contributed by atoms with Crippen LogP contribution in [0.2, 0.25) is 0 Å². The third kappa shape index (κ3) is 2.94. The van der Waals surface area contributed by atoms with Crippen LogP contribution in [0.1, 0.15) is 4.88 Å². The highest BCUT2D eigenvalue weighted by Gasteiger charge is 2.22. The lowest BCUT2D eigenvalue weighted by Gasteiger charge is -2.21. The molecule has 19 heavy (non-hydrogen) atoms. The molecule has 0 spiro atoms. The van der Waals surface area contributed by atoms with Crippen LogP contribution in [0.25, 0.3) is 10.1 Å². The molecule has 1 aliphatic rings. The van der Waals surface area contributed by atoms with Crippen molar-refractivity contribution in [1.29, 1.82) is 0 Å². The largest absolute Gasteiger partial charge is 0.376 e. The van der Waals surface area contributed by atoms with Crippen LogP contribution in [-0.2, 0) is 20.8 Å². The Kier molecular flexibility index (Phi) is 3.77. The standard InChI is InChI=1S/C14H15NO3S/c16-14(12-9-17-5-6-18-12)15-8-11-7-10-3-1-2-4-13(10)19-11/h1-4,7,12H,5-6,8-9H2,(H,15,16). The molecule has 0 aliphatic carbocycles. The van der Waals surface area contributed by atoms with Crippen LogP contribution >= 0.6 is 11.3 Å². The Hall–Kier alpha value is -1.43. The first-order valence-electron chi connectivity index (χ1n) is 6.27. The molecule has 3 rings (SSSR count). The molecule has 2 heterocycles. The van der Waals surface area contributed by atoms with Gasteiger partial charge in [-0.15, -0.1) is 11.3 Å². The Morgan fingerprint density at radius 2 is 2.26 bits per heavy atom. The number of ether oxygens (including phenoxy) is 2. The number of amides is 1. The summed E-state index contributed by atoms with van der Waals surface area (Å²) in [7, 11) is 0. The van der Waals surface area contributed by atoms with E-state index in [4.69, 9.17) is 9.47 Å². The summed E-state index contributed by atoms with van der Waals surface area (Å²) in [5, 5.41) is 4.11. The zero-order valence-corrected chi connectivity index (χ0v) is 11.2. The SMILES string of the molecule is O=C(NCc1cc2ccccc2s1)C1COCCO1. The van der Waals surface area contributed by atoms with E-state index in [0.717, 1.165) is 4.88 Å². The van der Waals surface area contributed by atoms with Crippen LogP contribution < -0.4 is 5.32 Å². The van der Waals surface area contributed by atoms with Crippen molar-refractivity contribution in [2.75, 3.05) is 19.8 Å². The zero-order valence-electron chi connectivity index (χ0n) is 10.4. The molecule has 1 aliphatic heterocycles. The number of hydrogen-bond acceptors (Lipinski definition) is 4. The Morgan fingerprint density at radius 3 is 3.05 bits per heavy atom. The van der Waals surface area contributed by atoms with Crippen LogP contribution in [-0.4, -0.2) is 31.8 Å². The summed E-state index contributed by atoms with van der Waals surface area (Å²) in [6.07, 6.45) is -0.469. The van der Waals surface area contributed by atoms with Gasteiger partial charge < -0.3 is 14.8 Å². The summed E-state index contributed by atoms with van der Waals surface area (Å²) >= 11 is 1.70. The Labute approximate surface area is 115 Å². The first-order chi connectivity index (χ1) is 9.33. The van der Waals surface area contributed by atoms with Gasteiger partial charge in [0.1, 0.15) is 0 Å². The predicted molar refractivity (Wildman–Crippen MR) is 74.2 cm³/mol. The van der Waals surface area contributed by atoms with Crippen LogP contribution in [0.5, 0.6) is 0 Å². The molecule has 1 saturated heterocycles. The highest BCUT2D eigenvalue weighted by atomic mass is 32.1. The third-order valence-corrected chi connectivity index (χ3v) is 4.14. The molecule has 5 heteroatoms. The van der Waals surface area contributed by atoms with Crippen molar-refractivity contribution >= 4 is 27.3 Å². The van der Waals surface area contributed by atoms with Crippen molar-refractivity contribution in [3.63, 3.8) is 0 Å². The lowest BCUT2D eigenvalue weighted by molar-refractivity contribution is -0.147. The first kappa shape index (κ1) is 12.6. The molecule has 0 radical (unpaired) electrons. The summed E-state index contributed by atoms with van der Waals surface area (Å²) in [6, 6.07) is 10.3. The monoisotopic (exact) mass is 277 g/mol. The van der Waals surface area contributed by atoms with E-state index < -0.39 is 6.10 Å². The van der Waals surface area contributed by atoms with Gasteiger partial charge in [0.15, 0.2) is 6.10 Å². The van der Waals surface area contributed by atoms with Crippen LogP contribution in [0.15, 0.2) is 30.3 Å². The van der Waals surface area contributed by atoms with E-state index in [2.05, 4.69) is 23.5 Å². The quantitative estimate of drug-likeness (QED) is 0.932. The van der Waals surface area contributed by atoms with Crippen LogP contribution in [0.4, 0.5) is 0 Å². The molecule has 1 amide bonds. The Bertz CT molecular complexity index is 542. The van der Waals surface area contributed by atoms with Gasteiger partial charge >= 0.3 is 0 Å². The average molecular weight is 277 g/mol. The van der Waals surface area contributed by atoms with Gasteiger partial charge in [0, 0.05) is 9.58 Å².